The summed E-state index contributed by atoms with van der Waals surface area (Å²) in [5.74, 6) is -3.46. The Balaban J connectivity index is 1.84. The molecule has 0 aromatic carbocycles. The molecular weight excluding hydrogens is 332 g/mol. The van der Waals surface area contributed by atoms with Crippen LogP contribution in [0.2, 0.25) is 0 Å². The van der Waals surface area contributed by atoms with Gasteiger partial charge in [0.1, 0.15) is 5.00 Å². The molecule has 1 aromatic heterocycles. The first-order chi connectivity index (χ1) is 11.3. The highest BCUT2D eigenvalue weighted by Gasteiger charge is 2.55. The Morgan fingerprint density at radius 3 is 2.46 bits per heavy atom. The molecule has 2 aliphatic rings. The van der Waals surface area contributed by atoms with Crippen LogP contribution < -0.4 is 11.1 Å². The number of thiophene rings is 1. The van der Waals surface area contributed by atoms with Crippen LogP contribution >= 0.6 is 11.3 Å². The summed E-state index contributed by atoms with van der Waals surface area (Å²) in [5, 5.41) is 12.5. The molecule has 1 aromatic rings. The Morgan fingerprint density at radius 2 is 1.92 bits per heavy atom. The highest BCUT2D eigenvalue weighted by Crippen LogP contribution is 2.44. The molecule has 4 atom stereocenters. The van der Waals surface area contributed by atoms with Crippen molar-refractivity contribution in [3.05, 3.63) is 16.5 Å². The Kier molecular flexibility index (Phi) is 4.35. The van der Waals surface area contributed by atoms with Crippen LogP contribution in [0.15, 0.2) is 6.07 Å². The maximum Gasteiger partial charge on any atom is 0.310 e. The normalized spacial score (nSPS) is 28.3. The molecule has 0 saturated carbocycles. The lowest BCUT2D eigenvalue weighted by molar-refractivity contribution is -0.147. The van der Waals surface area contributed by atoms with E-state index in [0.29, 0.717) is 17.8 Å². The zero-order valence-electron chi connectivity index (χ0n) is 13.4. The van der Waals surface area contributed by atoms with E-state index >= 15 is 0 Å². The zero-order valence-corrected chi connectivity index (χ0v) is 14.3. The smallest absolute Gasteiger partial charge is 0.310 e. The van der Waals surface area contributed by atoms with E-state index in [1.807, 2.05) is 13.8 Å². The summed E-state index contributed by atoms with van der Waals surface area (Å²) in [4.78, 5) is 36.7. The number of nitrogens with one attached hydrogen (secondary N) is 1. The average Bonchev–Trinajstić information content (AvgIpc) is 3.19. The van der Waals surface area contributed by atoms with Crippen molar-refractivity contribution in [3.8, 4) is 0 Å². The summed E-state index contributed by atoms with van der Waals surface area (Å²) in [7, 11) is 0. The molecule has 3 rings (SSSR count). The van der Waals surface area contributed by atoms with Crippen molar-refractivity contribution in [2.75, 3.05) is 5.32 Å². The van der Waals surface area contributed by atoms with Gasteiger partial charge in [-0.1, -0.05) is 13.8 Å². The fourth-order valence-corrected chi connectivity index (χ4v) is 4.56. The maximum absolute atomic E-state index is 12.7. The maximum atomic E-state index is 12.7. The molecule has 0 radical (unpaired) electrons. The number of fused-ring (bicyclic) bond motifs is 2. The van der Waals surface area contributed by atoms with Gasteiger partial charge in [-0.05, 0) is 24.8 Å². The van der Waals surface area contributed by atoms with Crippen LogP contribution in [0.25, 0.3) is 0 Å². The highest BCUT2D eigenvalue weighted by molar-refractivity contribution is 7.16. The number of ether oxygens (including phenoxy) is 1. The minimum Gasteiger partial charge on any atom is -0.481 e. The van der Waals surface area contributed by atoms with Gasteiger partial charge < -0.3 is 20.9 Å². The van der Waals surface area contributed by atoms with E-state index < -0.39 is 35.7 Å². The second-order valence-corrected chi connectivity index (χ2v) is 7.66. The number of nitrogens with two attached hydrogens (primary N) is 1. The number of amides is 2. The van der Waals surface area contributed by atoms with Crippen molar-refractivity contribution in [1.29, 1.82) is 0 Å². The van der Waals surface area contributed by atoms with Gasteiger partial charge in [-0.2, -0.15) is 0 Å². The van der Waals surface area contributed by atoms with Crippen LogP contribution in [0.4, 0.5) is 5.00 Å². The Labute approximate surface area is 143 Å². The van der Waals surface area contributed by atoms with Crippen molar-refractivity contribution in [1.82, 2.24) is 0 Å². The first-order valence-electron chi connectivity index (χ1n) is 7.92. The average molecular weight is 352 g/mol. The number of aliphatic carboxylic acids is 1. The number of anilines is 1. The number of carbonyl (C=O) groups excluding carboxylic acids is 2. The van der Waals surface area contributed by atoms with E-state index in [1.165, 1.54) is 11.3 Å². The van der Waals surface area contributed by atoms with E-state index in [-0.39, 0.29) is 17.6 Å². The molecule has 2 aliphatic heterocycles. The van der Waals surface area contributed by atoms with E-state index in [9.17, 15) is 19.5 Å². The van der Waals surface area contributed by atoms with Crippen LogP contribution in [0, 0.1) is 11.8 Å². The van der Waals surface area contributed by atoms with Gasteiger partial charge in [0.05, 0.1) is 29.6 Å². The lowest BCUT2D eigenvalue weighted by Crippen LogP contribution is -2.41. The van der Waals surface area contributed by atoms with Gasteiger partial charge in [0.15, 0.2) is 0 Å². The molecule has 4 N–H and O–H groups in total. The van der Waals surface area contributed by atoms with Gasteiger partial charge in [-0.25, -0.2) is 0 Å². The first kappa shape index (κ1) is 16.9. The van der Waals surface area contributed by atoms with Crippen molar-refractivity contribution in [3.63, 3.8) is 0 Å². The third-order valence-corrected chi connectivity index (χ3v) is 6.03. The molecule has 3 heterocycles. The van der Waals surface area contributed by atoms with Gasteiger partial charge >= 0.3 is 5.97 Å². The zero-order chi connectivity index (χ0) is 17.6. The summed E-state index contributed by atoms with van der Waals surface area (Å²) in [6.07, 6.45) is 0.553. The van der Waals surface area contributed by atoms with E-state index in [1.54, 1.807) is 6.07 Å². The monoisotopic (exact) mass is 352 g/mol. The van der Waals surface area contributed by atoms with Gasteiger partial charge in [-0.3, -0.25) is 14.4 Å². The summed E-state index contributed by atoms with van der Waals surface area (Å²) < 4.78 is 5.61. The SMILES string of the molecule is CC(C)c1cc(C(N)=O)c(NC(=O)[C@@H]2[C@@H](C(=O)O)[C@H]3CC[C@@H]2O3)s1. The van der Waals surface area contributed by atoms with Gasteiger partial charge in [0.2, 0.25) is 5.91 Å². The van der Waals surface area contributed by atoms with E-state index in [4.69, 9.17) is 10.5 Å². The molecule has 2 amide bonds. The predicted octanol–water partition coefficient (Wildman–Crippen LogP) is 1.79. The van der Waals surface area contributed by atoms with Crippen molar-refractivity contribution >= 4 is 34.1 Å². The van der Waals surface area contributed by atoms with Gasteiger partial charge in [0.25, 0.3) is 5.91 Å². The fraction of sp³-hybridized carbons (Fsp3) is 0.562. The second-order valence-electron chi connectivity index (χ2n) is 6.58. The summed E-state index contributed by atoms with van der Waals surface area (Å²) in [5.41, 5.74) is 5.65. The largest absolute Gasteiger partial charge is 0.481 e. The van der Waals surface area contributed by atoms with Crippen molar-refractivity contribution in [2.45, 2.75) is 44.8 Å². The van der Waals surface area contributed by atoms with Crippen LogP contribution in [0.3, 0.4) is 0 Å². The molecule has 0 aliphatic carbocycles. The molecule has 8 heteroatoms. The van der Waals surface area contributed by atoms with Crippen LogP contribution in [-0.4, -0.2) is 35.1 Å². The van der Waals surface area contributed by atoms with Crippen molar-refractivity contribution < 1.29 is 24.2 Å². The Bertz CT molecular complexity index is 699. The number of rotatable bonds is 5. The van der Waals surface area contributed by atoms with Crippen LogP contribution in [0.1, 0.15) is 47.8 Å². The predicted molar refractivity (Wildman–Crippen MR) is 88.1 cm³/mol. The minimum atomic E-state index is -1.02. The minimum absolute atomic E-state index is 0.191. The number of carboxylic acid groups (broad SMARTS) is 1. The quantitative estimate of drug-likeness (QED) is 0.746. The third kappa shape index (κ3) is 2.80. The number of carboxylic acids is 1. The molecule has 0 unspecified atom stereocenters. The first-order valence-corrected chi connectivity index (χ1v) is 8.74. The lowest BCUT2D eigenvalue weighted by Gasteiger charge is -2.23. The molecule has 130 valence electrons. The second kappa shape index (κ2) is 6.18. The molecule has 7 nitrogen and oxygen atoms in total. The van der Waals surface area contributed by atoms with Crippen molar-refractivity contribution in [2.24, 2.45) is 17.6 Å². The standard InChI is InChI=1S/C16H20N2O5S/c1-6(2)10-5-7(13(17)19)15(24-10)18-14(20)11-8-3-4-9(23-8)12(11)16(21)22/h5-6,8-9,11-12H,3-4H2,1-2H3,(H2,17,19)(H,18,20)(H,21,22)/t8-,9+,11-,12-/m0/s1. The Hall–Kier alpha value is -1.93. The fourth-order valence-electron chi connectivity index (χ4n) is 3.49. The van der Waals surface area contributed by atoms with E-state index in [2.05, 4.69) is 5.32 Å². The molecule has 24 heavy (non-hydrogen) atoms. The number of carbonyl (C=O) groups is 3. The summed E-state index contributed by atoms with van der Waals surface area (Å²) in [6, 6.07) is 1.68. The molecule has 2 bridgehead atoms. The van der Waals surface area contributed by atoms with Gasteiger partial charge in [0, 0.05) is 4.88 Å². The highest BCUT2D eigenvalue weighted by atomic mass is 32.1. The van der Waals surface area contributed by atoms with E-state index in [0.717, 1.165) is 4.88 Å². The third-order valence-electron chi connectivity index (χ3n) is 4.68. The van der Waals surface area contributed by atoms with Crippen LogP contribution in [-0.2, 0) is 14.3 Å². The molecule has 2 saturated heterocycles. The molecule has 2 fully saturated rings. The Morgan fingerprint density at radius 1 is 1.29 bits per heavy atom. The summed E-state index contributed by atoms with van der Waals surface area (Å²) in [6.45, 7) is 3.96. The lowest BCUT2D eigenvalue weighted by atomic mass is 9.79. The number of hydrogen-bond donors (Lipinski definition) is 3. The van der Waals surface area contributed by atoms with Crippen LogP contribution in [0.5, 0.6) is 0 Å². The topological polar surface area (TPSA) is 119 Å². The number of hydrogen-bond acceptors (Lipinski definition) is 5. The molecular formula is C16H20N2O5S. The van der Waals surface area contributed by atoms with Gasteiger partial charge in [-0.15, -0.1) is 11.3 Å². The molecule has 0 spiro atoms. The summed E-state index contributed by atoms with van der Waals surface area (Å²) >= 11 is 1.29. The number of primary amides is 1.